The van der Waals surface area contributed by atoms with Crippen molar-refractivity contribution in [2.45, 2.75) is 51.2 Å². The summed E-state index contributed by atoms with van der Waals surface area (Å²) in [6, 6.07) is 5.40. The molecule has 0 fully saturated rings. The molecule has 2 atom stereocenters. The number of carbonyl (C=O) groups excluding carboxylic acids is 1. The molecule has 5 nitrogen and oxygen atoms in total. The third-order valence-electron chi connectivity index (χ3n) is 5.66. The van der Waals surface area contributed by atoms with Crippen molar-refractivity contribution in [2.24, 2.45) is 7.05 Å². The van der Waals surface area contributed by atoms with Crippen LogP contribution in [0.1, 0.15) is 56.0 Å². The third kappa shape index (κ3) is 4.62. The van der Waals surface area contributed by atoms with E-state index in [4.69, 9.17) is 11.6 Å². The first-order chi connectivity index (χ1) is 13.7. The van der Waals surface area contributed by atoms with E-state index in [0.29, 0.717) is 11.4 Å². The highest BCUT2D eigenvalue weighted by molar-refractivity contribution is 6.30. The van der Waals surface area contributed by atoms with Gasteiger partial charge < -0.3 is 15.0 Å². The van der Waals surface area contributed by atoms with Crippen LogP contribution in [0, 0.1) is 0 Å². The number of aromatic nitrogens is 2. The summed E-state index contributed by atoms with van der Waals surface area (Å²) in [7, 11) is 1.89. The van der Waals surface area contributed by atoms with Crippen LogP contribution in [0.5, 0.6) is 0 Å². The second-order valence-corrected chi connectivity index (χ2v) is 8.31. The highest BCUT2D eigenvalue weighted by Crippen LogP contribution is 2.37. The van der Waals surface area contributed by atoms with Crippen LogP contribution in [0.15, 0.2) is 49.0 Å². The van der Waals surface area contributed by atoms with Crippen LogP contribution < -0.4 is 5.32 Å². The number of hydrogen-bond donors (Lipinski definition) is 2. The number of amides is 1. The number of aryl methyl sites for hydroxylation is 2. The minimum atomic E-state index is -1.46. The molecule has 6 heteroatoms. The standard InChI is InChI=1S/C23H28ClN3O2/c1-5-23(3,29)22(28)26-21(20-13-25-14-27(20)4)18-11-7-15(2)6-8-16-9-10-17(24)12-19(16)18/h9-14,21,29H,2,5-8H2,1,3-4H3,(H,26,28)/b18-11+/t21-,23?/m1/s1. The van der Waals surface area contributed by atoms with E-state index < -0.39 is 17.6 Å². The number of nitrogens with zero attached hydrogens (tertiary/aromatic N) is 2. The molecule has 1 unspecified atom stereocenters. The van der Waals surface area contributed by atoms with Crippen molar-refractivity contribution in [3.63, 3.8) is 0 Å². The Bertz CT molecular complexity index is 959. The van der Waals surface area contributed by atoms with Crippen molar-refractivity contribution in [3.8, 4) is 0 Å². The molecular weight excluding hydrogens is 386 g/mol. The average molecular weight is 414 g/mol. The van der Waals surface area contributed by atoms with Gasteiger partial charge in [0.2, 0.25) is 0 Å². The molecule has 3 rings (SSSR count). The summed E-state index contributed by atoms with van der Waals surface area (Å²) in [5.41, 5.74) is 3.61. The summed E-state index contributed by atoms with van der Waals surface area (Å²) in [4.78, 5) is 17.1. The van der Waals surface area contributed by atoms with E-state index in [0.717, 1.165) is 47.2 Å². The van der Waals surface area contributed by atoms with Gasteiger partial charge in [-0.2, -0.15) is 0 Å². The zero-order valence-electron chi connectivity index (χ0n) is 17.2. The molecule has 154 valence electrons. The van der Waals surface area contributed by atoms with E-state index >= 15 is 0 Å². The maximum Gasteiger partial charge on any atom is 0.252 e. The van der Waals surface area contributed by atoms with Gasteiger partial charge in [-0.05, 0) is 61.4 Å². The molecule has 2 aromatic rings. The molecule has 2 N–H and O–H groups in total. The minimum absolute atomic E-state index is 0.315. The van der Waals surface area contributed by atoms with Crippen molar-refractivity contribution in [3.05, 3.63) is 70.8 Å². The van der Waals surface area contributed by atoms with Crippen LogP contribution in [0.4, 0.5) is 0 Å². The molecule has 1 aliphatic rings. The van der Waals surface area contributed by atoms with Gasteiger partial charge in [-0.15, -0.1) is 0 Å². The molecule has 29 heavy (non-hydrogen) atoms. The largest absolute Gasteiger partial charge is 0.380 e. The number of halogens is 1. The number of aliphatic hydroxyl groups is 1. The summed E-state index contributed by atoms with van der Waals surface area (Å²) in [5.74, 6) is -0.420. The lowest BCUT2D eigenvalue weighted by Gasteiger charge is -2.29. The minimum Gasteiger partial charge on any atom is -0.380 e. The summed E-state index contributed by atoms with van der Waals surface area (Å²) in [6.07, 6.45) is 8.35. The van der Waals surface area contributed by atoms with Crippen LogP contribution in [-0.2, 0) is 18.3 Å². The van der Waals surface area contributed by atoms with Crippen molar-refractivity contribution in [2.75, 3.05) is 0 Å². The maximum absolute atomic E-state index is 12.9. The number of fused-ring (bicyclic) bond motifs is 1. The van der Waals surface area contributed by atoms with Gasteiger partial charge in [0.05, 0.1) is 24.3 Å². The number of carbonyl (C=O) groups is 1. The number of nitrogens with one attached hydrogen (secondary N) is 1. The lowest BCUT2D eigenvalue weighted by atomic mass is 9.86. The van der Waals surface area contributed by atoms with Gasteiger partial charge in [0.1, 0.15) is 5.60 Å². The van der Waals surface area contributed by atoms with Crippen molar-refractivity contribution in [1.29, 1.82) is 0 Å². The number of rotatable bonds is 5. The molecule has 1 amide bonds. The van der Waals surface area contributed by atoms with Crippen molar-refractivity contribution >= 4 is 23.1 Å². The molecule has 0 spiro atoms. The van der Waals surface area contributed by atoms with E-state index in [9.17, 15) is 9.90 Å². The number of benzene rings is 1. The Kier molecular flexibility index (Phi) is 6.30. The van der Waals surface area contributed by atoms with Crippen LogP contribution >= 0.6 is 11.6 Å². The molecule has 0 saturated carbocycles. The predicted octanol–water partition coefficient (Wildman–Crippen LogP) is 4.37. The van der Waals surface area contributed by atoms with Crippen LogP contribution in [0.25, 0.3) is 5.57 Å². The predicted molar refractivity (Wildman–Crippen MR) is 117 cm³/mol. The fraction of sp³-hybridized carbons (Fsp3) is 0.391. The van der Waals surface area contributed by atoms with E-state index in [-0.39, 0.29) is 0 Å². The molecule has 1 heterocycles. The van der Waals surface area contributed by atoms with Gasteiger partial charge in [-0.1, -0.05) is 42.8 Å². The Hall–Kier alpha value is -2.37. The van der Waals surface area contributed by atoms with E-state index in [1.165, 1.54) is 6.92 Å². The highest BCUT2D eigenvalue weighted by atomic mass is 35.5. The molecular formula is C23H28ClN3O2. The Morgan fingerprint density at radius 3 is 2.86 bits per heavy atom. The molecule has 0 saturated heterocycles. The number of hydrogen-bond acceptors (Lipinski definition) is 3. The summed E-state index contributed by atoms with van der Waals surface area (Å²) in [6.45, 7) is 7.49. The van der Waals surface area contributed by atoms with Gasteiger partial charge in [-0.25, -0.2) is 4.98 Å². The topological polar surface area (TPSA) is 67.2 Å². The normalized spacial score (nSPS) is 19.2. The monoisotopic (exact) mass is 413 g/mol. The average Bonchev–Trinajstić information content (AvgIpc) is 3.10. The SMILES string of the molecule is C=C1C/C=C(/[C@@H](NC(=O)C(C)(O)CC)c2cncn2C)c2cc(Cl)ccc2CC1. The maximum atomic E-state index is 12.9. The Morgan fingerprint density at radius 1 is 1.45 bits per heavy atom. The second kappa shape index (κ2) is 8.56. The van der Waals surface area contributed by atoms with E-state index in [1.807, 2.05) is 29.8 Å². The van der Waals surface area contributed by atoms with Gasteiger partial charge in [0.15, 0.2) is 0 Å². The van der Waals surface area contributed by atoms with Crippen LogP contribution in [0.3, 0.4) is 0 Å². The van der Waals surface area contributed by atoms with E-state index in [1.54, 1.807) is 19.4 Å². The van der Waals surface area contributed by atoms with Gasteiger partial charge >= 0.3 is 0 Å². The summed E-state index contributed by atoms with van der Waals surface area (Å²) in [5, 5.41) is 14.2. The first-order valence-corrected chi connectivity index (χ1v) is 10.3. The fourth-order valence-corrected chi connectivity index (χ4v) is 3.66. The molecule has 0 bridgehead atoms. The van der Waals surface area contributed by atoms with E-state index in [2.05, 4.69) is 23.0 Å². The molecule has 0 aliphatic heterocycles. The van der Waals surface area contributed by atoms with Gasteiger partial charge in [-0.3, -0.25) is 4.79 Å². The molecule has 1 aliphatic carbocycles. The highest BCUT2D eigenvalue weighted by Gasteiger charge is 2.33. The zero-order valence-corrected chi connectivity index (χ0v) is 18.0. The molecule has 1 aromatic heterocycles. The third-order valence-corrected chi connectivity index (χ3v) is 5.89. The fourth-order valence-electron chi connectivity index (χ4n) is 3.49. The van der Waals surface area contributed by atoms with Gasteiger partial charge in [0.25, 0.3) is 5.91 Å². The quantitative estimate of drug-likeness (QED) is 0.715. The Labute approximate surface area is 177 Å². The van der Waals surface area contributed by atoms with Gasteiger partial charge in [0, 0.05) is 12.1 Å². The van der Waals surface area contributed by atoms with Crippen molar-refractivity contribution < 1.29 is 9.90 Å². The van der Waals surface area contributed by atoms with Crippen LogP contribution in [-0.4, -0.2) is 26.2 Å². The first-order valence-electron chi connectivity index (χ1n) is 9.88. The van der Waals surface area contributed by atoms with Crippen molar-refractivity contribution in [1.82, 2.24) is 14.9 Å². The lowest BCUT2D eigenvalue weighted by Crippen LogP contribution is -2.46. The first kappa shape index (κ1) is 21.3. The second-order valence-electron chi connectivity index (χ2n) is 7.88. The number of allylic oxidation sites excluding steroid dienone is 2. The molecule has 1 aromatic carbocycles. The summed E-state index contributed by atoms with van der Waals surface area (Å²) >= 11 is 6.34. The Balaban J connectivity index is 2.14. The number of imidazole rings is 1. The van der Waals surface area contributed by atoms with Crippen LogP contribution in [0.2, 0.25) is 5.02 Å². The Morgan fingerprint density at radius 2 is 2.21 bits per heavy atom. The summed E-state index contributed by atoms with van der Waals surface area (Å²) < 4.78 is 1.88. The molecule has 0 radical (unpaired) electrons. The zero-order chi connectivity index (χ0) is 21.2. The smallest absolute Gasteiger partial charge is 0.252 e. The lowest BCUT2D eigenvalue weighted by molar-refractivity contribution is -0.138.